The number of halogens is 2. The number of rotatable bonds is 2. The molecule has 21 heavy (non-hydrogen) atoms. The minimum atomic E-state index is 0.327. The lowest BCUT2D eigenvalue weighted by Crippen LogP contribution is -2.38. The number of benzene rings is 2. The molecule has 1 aliphatic heterocycles. The standard InChI is InChI=1S/C18H19Cl2N/c1-12(2)21-10-16(13-6-4-3-5-7-13)15-8-14(19)9-18(20)17(15)11-21/h3-9,12,16H,10-11H2,1-2H3. The molecule has 0 spiro atoms. The number of fused-ring (bicyclic) bond motifs is 1. The molecule has 1 aliphatic rings. The Hall–Kier alpha value is -1.02. The molecular formula is C18H19Cl2N. The lowest BCUT2D eigenvalue weighted by atomic mass is 9.84. The largest absolute Gasteiger partial charge is 0.296 e. The van der Waals surface area contributed by atoms with Crippen molar-refractivity contribution in [2.24, 2.45) is 0 Å². The van der Waals surface area contributed by atoms with E-state index in [0.717, 1.165) is 23.1 Å². The Bertz CT molecular complexity index is 637. The van der Waals surface area contributed by atoms with Crippen LogP contribution in [0.2, 0.25) is 10.0 Å². The molecule has 0 bridgehead atoms. The third-order valence-electron chi connectivity index (χ3n) is 4.28. The maximum absolute atomic E-state index is 6.46. The highest BCUT2D eigenvalue weighted by molar-refractivity contribution is 6.35. The summed E-state index contributed by atoms with van der Waals surface area (Å²) in [5.74, 6) is 0.327. The van der Waals surface area contributed by atoms with Crippen molar-refractivity contribution in [1.29, 1.82) is 0 Å². The SMILES string of the molecule is CC(C)N1Cc2c(Cl)cc(Cl)cc2C(c2ccccc2)C1. The van der Waals surface area contributed by atoms with Gasteiger partial charge in [-0.1, -0.05) is 53.5 Å². The van der Waals surface area contributed by atoms with Crippen molar-refractivity contribution in [3.63, 3.8) is 0 Å². The second-order valence-corrected chi connectivity index (χ2v) is 6.79. The molecule has 0 aliphatic carbocycles. The maximum atomic E-state index is 6.46. The van der Waals surface area contributed by atoms with Gasteiger partial charge in [-0.05, 0) is 42.7 Å². The summed E-state index contributed by atoms with van der Waals surface area (Å²) in [6.45, 7) is 6.37. The first-order valence-corrected chi connectivity index (χ1v) is 8.08. The summed E-state index contributed by atoms with van der Waals surface area (Å²) in [7, 11) is 0. The average Bonchev–Trinajstić information content (AvgIpc) is 2.47. The van der Waals surface area contributed by atoms with Crippen LogP contribution < -0.4 is 0 Å². The molecule has 3 heteroatoms. The van der Waals surface area contributed by atoms with Crippen molar-refractivity contribution in [3.05, 3.63) is 69.2 Å². The van der Waals surface area contributed by atoms with Crippen molar-refractivity contribution in [3.8, 4) is 0 Å². The molecule has 0 amide bonds. The van der Waals surface area contributed by atoms with E-state index in [1.54, 1.807) is 0 Å². The summed E-state index contributed by atoms with van der Waals surface area (Å²) in [5.41, 5.74) is 3.81. The first-order chi connectivity index (χ1) is 10.1. The summed E-state index contributed by atoms with van der Waals surface area (Å²) in [6.07, 6.45) is 0. The van der Waals surface area contributed by atoms with Crippen molar-refractivity contribution >= 4 is 23.2 Å². The zero-order valence-electron chi connectivity index (χ0n) is 12.3. The van der Waals surface area contributed by atoms with Gasteiger partial charge in [-0.2, -0.15) is 0 Å². The zero-order valence-corrected chi connectivity index (χ0v) is 13.8. The van der Waals surface area contributed by atoms with Crippen LogP contribution in [0, 0.1) is 0 Å². The number of nitrogens with zero attached hydrogens (tertiary/aromatic N) is 1. The lowest BCUT2D eigenvalue weighted by molar-refractivity contribution is 0.192. The Morgan fingerprint density at radius 2 is 1.81 bits per heavy atom. The van der Waals surface area contributed by atoms with Gasteiger partial charge in [0.15, 0.2) is 0 Å². The van der Waals surface area contributed by atoms with Gasteiger partial charge >= 0.3 is 0 Å². The van der Waals surface area contributed by atoms with Gasteiger partial charge in [-0.15, -0.1) is 0 Å². The number of hydrogen-bond donors (Lipinski definition) is 0. The Morgan fingerprint density at radius 3 is 2.48 bits per heavy atom. The molecule has 0 fully saturated rings. The van der Waals surface area contributed by atoms with E-state index in [1.807, 2.05) is 6.07 Å². The second-order valence-electron chi connectivity index (χ2n) is 5.94. The highest BCUT2D eigenvalue weighted by Gasteiger charge is 2.29. The quantitative estimate of drug-likeness (QED) is 0.721. The van der Waals surface area contributed by atoms with Gasteiger partial charge in [0.1, 0.15) is 0 Å². The molecule has 1 unspecified atom stereocenters. The third kappa shape index (κ3) is 2.96. The molecule has 0 radical (unpaired) electrons. The van der Waals surface area contributed by atoms with E-state index in [4.69, 9.17) is 23.2 Å². The summed E-state index contributed by atoms with van der Waals surface area (Å²) < 4.78 is 0. The van der Waals surface area contributed by atoms with Crippen LogP contribution in [-0.4, -0.2) is 17.5 Å². The molecular weight excluding hydrogens is 301 g/mol. The topological polar surface area (TPSA) is 3.24 Å². The number of hydrogen-bond acceptors (Lipinski definition) is 1. The Kier molecular flexibility index (Phi) is 4.26. The Morgan fingerprint density at radius 1 is 1.10 bits per heavy atom. The van der Waals surface area contributed by atoms with Crippen LogP contribution in [-0.2, 0) is 6.54 Å². The van der Waals surface area contributed by atoms with Gasteiger partial charge in [0.25, 0.3) is 0 Å². The van der Waals surface area contributed by atoms with Crippen LogP contribution in [0.25, 0.3) is 0 Å². The van der Waals surface area contributed by atoms with E-state index in [0.29, 0.717) is 12.0 Å². The highest BCUT2D eigenvalue weighted by atomic mass is 35.5. The summed E-state index contributed by atoms with van der Waals surface area (Å²) in [6, 6.07) is 15.0. The van der Waals surface area contributed by atoms with E-state index >= 15 is 0 Å². The van der Waals surface area contributed by atoms with E-state index in [-0.39, 0.29) is 0 Å². The molecule has 0 aromatic heterocycles. The Labute approximate surface area is 136 Å². The van der Waals surface area contributed by atoms with Gasteiger partial charge in [0, 0.05) is 35.1 Å². The van der Waals surface area contributed by atoms with Gasteiger partial charge in [-0.3, -0.25) is 4.90 Å². The molecule has 3 rings (SSSR count). The van der Waals surface area contributed by atoms with Crippen molar-refractivity contribution in [2.75, 3.05) is 6.54 Å². The van der Waals surface area contributed by atoms with Gasteiger partial charge in [0.05, 0.1) is 0 Å². The van der Waals surface area contributed by atoms with Gasteiger partial charge in [-0.25, -0.2) is 0 Å². The van der Waals surface area contributed by atoms with Crippen LogP contribution >= 0.6 is 23.2 Å². The molecule has 1 nitrogen and oxygen atoms in total. The third-order valence-corrected chi connectivity index (χ3v) is 4.84. The molecule has 110 valence electrons. The summed E-state index contributed by atoms with van der Waals surface area (Å²) in [5, 5.41) is 1.50. The maximum Gasteiger partial charge on any atom is 0.0468 e. The minimum absolute atomic E-state index is 0.327. The molecule has 0 N–H and O–H groups in total. The van der Waals surface area contributed by atoms with Crippen molar-refractivity contribution < 1.29 is 0 Å². The highest BCUT2D eigenvalue weighted by Crippen LogP contribution is 2.39. The van der Waals surface area contributed by atoms with Crippen molar-refractivity contribution in [2.45, 2.75) is 32.4 Å². The second kappa shape index (κ2) is 6.00. The molecule has 2 aromatic rings. The minimum Gasteiger partial charge on any atom is -0.296 e. The van der Waals surface area contributed by atoms with E-state index in [9.17, 15) is 0 Å². The van der Waals surface area contributed by atoms with Crippen molar-refractivity contribution in [1.82, 2.24) is 4.90 Å². The smallest absolute Gasteiger partial charge is 0.0468 e. The fourth-order valence-corrected chi connectivity index (χ4v) is 3.63. The fraction of sp³-hybridized carbons (Fsp3) is 0.333. The molecule has 1 atom stereocenters. The first kappa shape index (κ1) is 14.9. The first-order valence-electron chi connectivity index (χ1n) is 7.33. The Balaban J connectivity index is 2.12. The van der Waals surface area contributed by atoms with Gasteiger partial charge < -0.3 is 0 Å². The van der Waals surface area contributed by atoms with E-state index in [1.165, 1.54) is 16.7 Å². The fourth-order valence-electron chi connectivity index (χ4n) is 3.07. The van der Waals surface area contributed by atoms with Crippen LogP contribution in [0.5, 0.6) is 0 Å². The molecule has 0 saturated heterocycles. The predicted octanol–water partition coefficient (Wildman–Crippen LogP) is 5.35. The van der Waals surface area contributed by atoms with E-state index in [2.05, 4.69) is 55.1 Å². The van der Waals surface area contributed by atoms with Crippen LogP contribution in [0.15, 0.2) is 42.5 Å². The van der Waals surface area contributed by atoms with Crippen LogP contribution in [0.1, 0.15) is 36.5 Å². The lowest BCUT2D eigenvalue weighted by Gasteiger charge is -2.38. The molecule has 1 heterocycles. The summed E-state index contributed by atoms with van der Waals surface area (Å²) in [4.78, 5) is 2.47. The van der Waals surface area contributed by atoms with Crippen LogP contribution in [0.4, 0.5) is 0 Å². The average molecular weight is 320 g/mol. The van der Waals surface area contributed by atoms with Gasteiger partial charge in [0.2, 0.25) is 0 Å². The summed E-state index contributed by atoms with van der Waals surface area (Å²) >= 11 is 12.7. The molecule has 0 saturated carbocycles. The van der Waals surface area contributed by atoms with E-state index < -0.39 is 0 Å². The molecule has 2 aromatic carbocycles. The predicted molar refractivity (Wildman–Crippen MR) is 90.3 cm³/mol. The van der Waals surface area contributed by atoms with Crippen LogP contribution in [0.3, 0.4) is 0 Å². The monoisotopic (exact) mass is 319 g/mol. The normalized spacial score (nSPS) is 18.8. The zero-order chi connectivity index (χ0) is 15.0.